The van der Waals surface area contributed by atoms with Crippen LogP contribution in [0.1, 0.15) is 35.8 Å². The first kappa shape index (κ1) is 22.5. The lowest BCUT2D eigenvalue weighted by Gasteiger charge is -2.15. The van der Waals surface area contributed by atoms with Gasteiger partial charge in [-0.1, -0.05) is 36.4 Å². The highest BCUT2D eigenvalue weighted by atomic mass is 32.2. The van der Waals surface area contributed by atoms with Crippen molar-refractivity contribution in [3.8, 4) is 5.75 Å². The lowest BCUT2D eigenvalue weighted by molar-refractivity contribution is 0.102. The smallest absolute Gasteiger partial charge is 0.255 e. The molecule has 3 rings (SSSR count). The monoisotopic (exact) mass is 442 g/mol. The Labute approximate surface area is 181 Å². The molecule has 1 atom stereocenters. The topological polar surface area (TPSA) is 84.5 Å². The van der Waals surface area contributed by atoms with Crippen LogP contribution in [0.3, 0.4) is 0 Å². The Balaban J connectivity index is 1.80. The van der Waals surface area contributed by atoms with E-state index in [-0.39, 0.29) is 21.9 Å². The molecule has 31 heavy (non-hydrogen) atoms. The van der Waals surface area contributed by atoms with E-state index in [2.05, 4.69) is 10.0 Å². The molecule has 0 heterocycles. The van der Waals surface area contributed by atoms with Crippen LogP contribution in [0.5, 0.6) is 5.75 Å². The summed E-state index contributed by atoms with van der Waals surface area (Å²) in [6.45, 7) is 3.78. The van der Waals surface area contributed by atoms with Crippen LogP contribution in [0.2, 0.25) is 0 Å². The second-order valence-corrected chi connectivity index (χ2v) is 8.52. The molecule has 0 aliphatic heterocycles. The number of ether oxygens (including phenoxy) is 1. The van der Waals surface area contributed by atoms with Gasteiger partial charge in [0.25, 0.3) is 5.91 Å². The zero-order valence-corrected chi connectivity index (χ0v) is 17.9. The number of carbonyl (C=O) groups excluding carboxylic acids is 1. The van der Waals surface area contributed by atoms with Crippen LogP contribution in [0, 0.1) is 5.82 Å². The van der Waals surface area contributed by atoms with Gasteiger partial charge < -0.3 is 10.1 Å². The molecule has 0 bridgehead atoms. The van der Waals surface area contributed by atoms with Gasteiger partial charge in [0.2, 0.25) is 10.0 Å². The molecule has 3 aromatic rings. The van der Waals surface area contributed by atoms with Crippen molar-refractivity contribution in [2.24, 2.45) is 0 Å². The molecule has 0 spiro atoms. The Morgan fingerprint density at radius 2 is 1.77 bits per heavy atom. The molecule has 6 nitrogen and oxygen atoms in total. The first-order chi connectivity index (χ1) is 14.8. The zero-order valence-electron chi connectivity index (χ0n) is 17.1. The van der Waals surface area contributed by atoms with E-state index in [4.69, 9.17) is 4.74 Å². The Morgan fingerprint density at radius 3 is 2.48 bits per heavy atom. The van der Waals surface area contributed by atoms with Crippen molar-refractivity contribution in [2.45, 2.75) is 24.8 Å². The molecule has 0 saturated heterocycles. The maximum atomic E-state index is 13.5. The van der Waals surface area contributed by atoms with Crippen molar-refractivity contribution in [1.82, 2.24) is 4.72 Å². The van der Waals surface area contributed by atoms with Gasteiger partial charge in [-0.15, -0.1) is 0 Å². The summed E-state index contributed by atoms with van der Waals surface area (Å²) in [4.78, 5) is 12.7. The van der Waals surface area contributed by atoms with E-state index in [1.54, 1.807) is 13.8 Å². The minimum atomic E-state index is -3.86. The standard InChI is InChI=1S/C23H23FN2O4S/c1-3-30-22-15-19(24)12-13-21(22)25-23(27)18-10-7-11-20(14-18)31(28,29)26-16(2)17-8-5-4-6-9-17/h4-16,26H,3H2,1-2H3,(H,25,27). The van der Waals surface area contributed by atoms with Gasteiger partial charge in [0.1, 0.15) is 11.6 Å². The highest BCUT2D eigenvalue weighted by Crippen LogP contribution is 2.26. The van der Waals surface area contributed by atoms with E-state index >= 15 is 0 Å². The van der Waals surface area contributed by atoms with E-state index in [0.29, 0.717) is 6.61 Å². The highest BCUT2D eigenvalue weighted by molar-refractivity contribution is 7.89. The van der Waals surface area contributed by atoms with E-state index in [1.807, 2.05) is 30.3 Å². The molecule has 8 heteroatoms. The van der Waals surface area contributed by atoms with Crippen molar-refractivity contribution < 1.29 is 22.3 Å². The minimum absolute atomic E-state index is 0.0351. The fourth-order valence-electron chi connectivity index (χ4n) is 2.98. The van der Waals surface area contributed by atoms with Crippen LogP contribution in [0.25, 0.3) is 0 Å². The van der Waals surface area contributed by atoms with Gasteiger partial charge in [-0.2, -0.15) is 0 Å². The summed E-state index contributed by atoms with van der Waals surface area (Å²) in [6.07, 6.45) is 0. The third kappa shape index (κ3) is 5.68. The Kier molecular flexibility index (Phi) is 7.04. The number of halogens is 1. The summed E-state index contributed by atoms with van der Waals surface area (Å²) in [5.41, 5.74) is 1.25. The number of amides is 1. The predicted molar refractivity (Wildman–Crippen MR) is 117 cm³/mol. The first-order valence-corrected chi connectivity index (χ1v) is 11.2. The molecule has 2 N–H and O–H groups in total. The van der Waals surface area contributed by atoms with Crippen LogP contribution in [-0.2, 0) is 10.0 Å². The second kappa shape index (κ2) is 9.72. The third-order valence-corrected chi connectivity index (χ3v) is 6.07. The van der Waals surface area contributed by atoms with Crippen molar-refractivity contribution in [1.29, 1.82) is 0 Å². The summed E-state index contributed by atoms with van der Waals surface area (Å²) in [6, 6.07) is 18.2. The fourth-order valence-corrected chi connectivity index (χ4v) is 4.26. The third-order valence-electron chi connectivity index (χ3n) is 4.53. The molecule has 1 unspecified atom stereocenters. The van der Waals surface area contributed by atoms with Gasteiger partial charge >= 0.3 is 0 Å². The number of carbonyl (C=O) groups is 1. The Morgan fingerprint density at radius 1 is 1.03 bits per heavy atom. The quantitative estimate of drug-likeness (QED) is 0.537. The van der Waals surface area contributed by atoms with Gasteiger partial charge in [0, 0.05) is 17.7 Å². The van der Waals surface area contributed by atoms with Gasteiger partial charge in [0.15, 0.2) is 0 Å². The van der Waals surface area contributed by atoms with Crippen LogP contribution >= 0.6 is 0 Å². The van der Waals surface area contributed by atoms with Crippen LogP contribution in [0.15, 0.2) is 77.7 Å². The number of rotatable bonds is 8. The average molecular weight is 443 g/mol. The SMILES string of the molecule is CCOc1cc(F)ccc1NC(=O)c1cccc(S(=O)(=O)NC(C)c2ccccc2)c1. The number of sulfonamides is 1. The maximum Gasteiger partial charge on any atom is 0.255 e. The van der Waals surface area contributed by atoms with Crippen molar-refractivity contribution in [3.63, 3.8) is 0 Å². The molecule has 1 amide bonds. The number of hydrogen-bond donors (Lipinski definition) is 2. The lowest BCUT2D eigenvalue weighted by atomic mass is 10.1. The van der Waals surface area contributed by atoms with Gasteiger partial charge in [0.05, 0.1) is 17.2 Å². The van der Waals surface area contributed by atoms with Gasteiger partial charge in [-0.25, -0.2) is 17.5 Å². The van der Waals surface area contributed by atoms with E-state index in [9.17, 15) is 17.6 Å². The summed E-state index contributed by atoms with van der Waals surface area (Å²) in [5, 5.41) is 2.64. The van der Waals surface area contributed by atoms with E-state index < -0.39 is 27.8 Å². The minimum Gasteiger partial charge on any atom is -0.492 e. The van der Waals surface area contributed by atoms with Crippen molar-refractivity contribution in [2.75, 3.05) is 11.9 Å². The molecule has 0 aliphatic carbocycles. The summed E-state index contributed by atoms with van der Waals surface area (Å²) < 4.78 is 47.1. The fraction of sp³-hybridized carbons (Fsp3) is 0.174. The number of benzene rings is 3. The second-order valence-electron chi connectivity index (χ2n) is 6.81. The summed E-state index contributed by atoms with van der Waals surface area (Å²) >= 11 is 0. The van der Waals surface area contributed by atoms with Gasteiger partial charge in [-0.3, -0.25) is 4.79 Å². The lowest BCUT2D eigenvalue weighted by Crippen LogP contribution is -2.27. The zero-order chi connectivity index (χ0) is 22.4. The number of nitrogens with one attached hydrogen (secondary N) is 2. The molecular formula is C23H23FN2O4S. The van der Waals surface area contributed by atoms with E-state index in [0.717, 1.165) is 5.56 Å². The largest absolute Gasteiger partial charge is 0.492 e. The summed E-state index contributed by atoms with van der Waals surface area (Å²) in [7, 11) is -3.86. The average Bonchev–Trinajstić information content (AvgIpc) is 2.76. The van der Waals surface area contributed by atoms with Crippen LogP contribution < -0.4 is 14.8 Å². The van der Waals surface area contributed by atoms with Gasteiger partial charge in [-0.05, 0) is 49.7 Å². The normalized spacial score (nSPS) is 12.2. The molecule has 0 saturated carbocycles. The number of hydrogen-bond acceptors (Lipinski definition) is 4. The Bertz CT molecular complexity index is 1170. The summed E-state index contributed by atoms with van der Waals surface area (Å²) in [5.74, 6) is -0.841. The Hall–Kier alpha value is -3.23. The maximum absolute atomic E-state index is 13.5. The molecule has 0 fully saturated rings. The number of anilines is 1. The molecule has 0 aliphatic rings. The van der Waals surface area contributed by atoms with Crippen molar-refractivity contribution in [3.05, 3.63) is 89.7 Å². The molecule has 3 aromatic carbocycles. The molecule has 0 aromatic heterocycles. The van der Waals surface area contributed by atoms with Crippen LogP contribution in [0.4, 0.5) is 10.1 Å². The highest BCUT2D eigenvalue weighted by Gasteiger charge is 2.20. The van der Waals surface area contributed by atoms with Crippen LogP contribution in [-0.4, -0.2) is 20.9 Å². The first-order valence-electron chi connectivity index (χ1n) is 9.71. The molecule has 162 valence electrons. The van der Waals surface area contributed by atoms with E-state index in [1.165, 1.54) is 42.5 Å². The molecule has 0 radical (unpaired) electrons. The predicted octanol–water partition coefficient (Wildman–Crippen LogP) is 4.52. The molecular weight excluding hydrogens is 419 g/mol. The van der Waals surface area contributed by atoms with Crippen molar-refractivity contribution >= 4 is 21.6 Å².